The molecule has 0 aromatic carbocycles. The van der Waals surface area contributed by atoms with Crippen LogP contribution in [0.25, 0.3) is 0 Å². The van der Waals surface area contributed by atoms with Crippen LogP contribution in [0.1, 0.15) is 296 Å². The van der Waals surface area contributed by atoms with Gasteiger partial charge in [-0.15, -0.1) is 0 Å². The van der Waals surface area contributed by atoms with Crippen LogP contribution in [0.3, 0.4) is 0 Å². The molecule has 0 aromatic heterocycles. The molecule has 0 spiro atoms. The van der Waals surface area contributed by atoms with Gasteiger partial charge in [-0.2, -0.15) is 0 Å². The first-order valence-electron chi connectivity index (χ1n) is 29.1. The van der Waals surface area contributed by atoms with Crippen LogP contribution >= 0.6 is 7.82 Å². The summed E-state index contributed by atoms with van der Waals surface area (Å²) in [4.78, 5) is 23.3. The van der Waals surface area contributed by atoms with E-state index < -0.39 is 20.0 Å². The lowest BCUT2D eigenvalue weighted by molar-refractivity contribution is -0.870. The number of aliphatic hydroxyl groups excluding tert-OH is 1. The van der Waals surface area contributed by atoms with E-state index in [1.807, 2.05) is 21.1 Å². The molecule has 0 rings (SSSR count). The van der Waals surface area contributed by atoms with E-state index in [0.717, 1.165) is 38.5 Å². The van der Waals surface area contributed by atoms with Gasteiger partial charge in [0.05, 0.1) is 39.9 Å². The number of allylic oxidation sites excluding steroid dienone is 2. The minimum atomic E-state index is -4.32. The van der Waals surface area contributed by atoms with Gasteiger partial charge in [0.1, 0.15) is 13.2 Å². The highest BCUT2D eigenvalue weighted by atomic mass is 31.2. The first-order valence-corrected chi connectivity index (χ1v) is 30.5. The Morgan fingerprint density at radius 1 is 0.500 bits per heavy atom. The van der Waals surface area contributed by atoms with Crippen molar-refractivity contribution in [3.05, 3.63) is 12.2 Å². The van der Waals surface area contributed by atoms with Crippen molar-refractivity contribution in [2.45, 2.75) is 309 Å². The average molecular weight is 957 g/mol. The summed E-state index contributed by atoms with van der Waals surface area (Å²) in [5.41, 5.74) is 0. The number of phosphoric ester groups is 1. The van der Waals surface area contributed by atoms with Crippen molar-refractivity contribution < 1.29 is 32.9 Å². The number of nitrogens with one attached hydrogen (secondary N) is 1. The second-order valence-corrected chi connectivity index (χ2v) is 22.8. The van der Waals surface area contributed by atoms with Crippen molar-refractivity contribution in [3.8, 4) is 0 Å². The van der Waals surface area contributed by atoms with Gasteiger partial charge < -0.3 is 19.8 Å². The van der Waals surface area contributed by atoms with E-state index in [1.165, 1.54) is 231 Å². The molecule has 0 heterocycles. The number of phosphoric acid groups is 1. The van der Waals surface area contributed by atoms with Gasteiger partial charge in [0.15, 0.2) is 0 Å². The Bertz CT molecular complexity index is 1080. The van der Waals surface area contributed by atoms with E-state index in [4.69, 9.17) is 9.05 Å². The van der Waals surface area contributed by atoms with Gasteiger partial charge in [-0.25, -0.2) is 4.57 Å². The highest BCUT2D eigenvalue weighted by molar-refractivity contribution is 7.47. The largest absolute Gasteiger partial charge is 0.472 e. The summed E-state index contributed by atoms with van der Waals surface area (Å²) in [5.74, 6) is -0.141. The Morgan fingerprint density at radius 2 is 0.818 bits per heavy atom. The molecule has 0 fully saturated rings. The number of carbonyl (C=O) groups excluding carboxylic acids is 1. The lowest BCUT2D eigenvalue weighted by Gasteiger charge is -2.26. The van der Waals surface area contributed by atoms with E-state index >= 15 is 0 Å². The summed E-state index contributed by atoms with van der Waals surface area (Å²) in [6.45, 7) is 4.93. The topological polar surface area (TPSA) is 105 Å². The molecule has 0 aliphatic heterocycles. The number of amides is 1. The molecule has 0 aliphatic carbocycles. The molecule has 0 aromatic rings. The number of rotatable bonds is 54. The molecule has 8 nitrogen and oxygen atoms in total. The molecule has 66 heavy (non-hydrogen) atoms. The lowest BCUT2D eigenvalue weighted by Crippen LogP contribution is -2.46. The van der Waals surface area contributed by atoms with Crippen molar-refractivity contribution in [3.63, 3.8) is 0 Å². The number of hydrogen-bond acceptors (Lipinski definition) is 5. The molecular formula is C57H116N2O6P+. The average Bonchev–Trinajstić information content (AvgIpc) is 3.28. The third-order valence-corrected chi connectivity index (χ3v) is 14.5. The SMILES string of the molecule is CCCCCCCC/C=C\CCCCCCCCCCCC(=O)NC(COP(=O)(O)OCC[N+](C)(C)C)C(O)CCCCCCCCCCCCCCCCCCCCCCCCCCC. The number of quaternary nitrogens is 1. The van der Waals surface area contributed by atoms with Crippen LogP contribution in [-0.2, 0) is 18.4 Å². The van der Waals surface area contributed by atoms with Gasteiger partial charge in [0.2, 0.25) is 5.91 Å². The molecule has 0 saturated carbocycles. The summed E-state index contributed by atoms with van der Waals surface area (Å²) in [6.07, 6.45) is 59.8. The van der Waals surface area contributed by atoms with Crippen molar-refractivity contribution in [1.29, 1.82) is 0 Å². The second-order valence-electron chi connectivity index (χ2n) is 21.4. The summed E-state index contributed by atoms with van der Waals surface area (Å²) < 4.78 is 23.8. The van der Waals surface area contributed by atoms with Crippen molar-refractivity contribution in [2.75, 3.05) is 40.9 Å². The number of aliphatic hydroxyl groups is 1. The molecule has 394 valence electrons. The third-order valence-electron chi connectivity index (χ3n) is 13.5. The Balaban J connectivity index is 4.13. The van der Waals surface area contributed by atoms with E-state index in [-0.39, 0.29) is 19.1 Å². The predicted octanol–water partition coefficient (Wildman–Crippen LogP) is 17.4. The fourth-order valence-electron chi connectivity index (χ4n) is 8.93. The standard InChI is InChI=1S/C57H115N2O6P/c1-6-8-10-12-14-16-18-20-22-24-26-27-28-29-30-31-33-34-36-38-40-42-44-46-48-50-56(60)55(54-65-66(62,63)64-53-52-59(3,4)5)58-57(61)51-49-47-45-43-41-39-37-35-32-25-23-21-19-17-15-13-11-9-7-2/h21,23,55-56,60H,6-20,22,24-54H2,1-5H3,(H-,58,61,62,63)/p+1/b23-21-. The lowest BCUT2D eigenvalue weighted by atomic mass is 10.0. The second kappa shape index (κ2) is 49.2. The van der Waals surface area contributed by atoms with Gasteiger partial charge in [-0.05, 0) is 38.5 Å². The van der Waals surface area contributed by atoms with E-state index in [2.05, 4.69) is 31.3 Å². The maximum atomic E-state index is 13.0. The van der Waals surface area contributed by atoms with Gasteiger partial charge in [0.25, 0.3) is 0 Å². The number of unbranched alkanes of at least 4 members (excludes halogenated alkanes) is 39. The first-order chi connectivity index (χ1) is 32.0. The molecule has 1 amide bonds. The van der Waals surface area contributed by atoms with Gasteiger partial charge in [-0.1, -0.05) is 264 Å². The summed E-state index contributed by atoms with van der Waals surface area (Å²) >= 11 is 0. The van der Waals surface area contributed by atoms with Crippen molar-refractivity contribution >= 4 is 13.7 Å². The number of carbonyl (C=O) groups is 1. The fourth-order valence-corrected chi connectivity index (χ4v) is 9.66. The normalized spacial score (nSPS) is 14.0. The summed E-state index contributed by atoms with van der Waals surface area (Å²) in [7, 11) is 1.63. The van der Waals surface area contributed by atoms with Crippen molar-refractivity contribution in [2.24, 2.45) is 0 Å². The quantitative estimate of drug-likeness (QED) is 0.0243. The Hall–Kier alpha value is -0.760. The van der Waals surface area contributed by atoms with Crippen LogP contribution in [0.4, 0.5) is 0 Å². The van der Waals surface area contributed by atoms with Crippen LogP contribution in [0.2, 0.25) is 0 Å². The molecule has 0 aliphatic rings. The Kier molecular flexibility index (Phi) is 48.7. The predicted molar refractivity (Wildman–Crippen MR) is 286 cm³/mol. The molecular weight excluding hydrogens is 840 g/mol. The highest BCUT2D eigenvalue weighted by Gasteiger charge is 2.28. The zero-order valence-electron chi connectivity index (χ0n) is 45.0. The molecule has 0 saturated heterocycles. The smallest absolute Gasteiger partial charge is 0.391 e. The number of nitrogens with zero attached hydrogens (tertiary/aromatic N) is 1. The zero-order valence-corrected chi connectivity index (χ0v) is 45.9. The maximum Gasteiger partial charge on any atom is 0.472 e. The van der Waals surface area contributed by atoms with Crippen molar-refractivity contribution in [1.82, 2.24) is 5.32 Å². The maximum absolute atomic E-state index is 13.0. The van der Waals surface area contributed by atoms with Crippen LogP contribution in [0.5, 0.6) is 0 Å². The minimum Gasteiger partial charge on any atom is -0.391 e. The monoisotopic (exact) mass is 956 g/mol. The fraction of sp³-hybridized carbons (Fsp3) is 0.947. The van der Waals surface area contributed by atoms with E-state index in [1.54, 1.807) is 0 Å². The van der Waals surface area contributed by atoms with Crippen LogP contribution in [-0.4, -0.2) is 73.4 Å². The van der Waals surface area contributed by atoms with Crippen LogP contribution in [0, 0.1) is 0 Å². The molecule has 0 radical (unpaired) electrons. The van der Waals surface area contributed by atoms with Crippen LogP contribution < -0.4 is 5.32 Å². The Morgan fingerprint density at radius 3 is 1.17 bits per heavy atom. The zero-order chi connectivity index (χ0) is 48.5. The molecule has 0 bridgehead atoms. The number of hydrogen-bond donors (Lipinski definition) is 3. The summed E-state index contributed by atoms with van der Waals surface area (Å²) in [6, 6.07) is -0.759. The molecule has 3 atom stereocenters. The number of likely N-dealkylation sites (N-methyl/N-ethyl adjacent to an activating group) is 1. The third kappa shape index (κ3) is 51.1. The first kappa shape index (κ1) is 65.2. The van der Waals surface area contributed by atoms with Gasteiger partial charge >= 0.3 is 7.82 Å². The van der Waals surface area contributed by atoms with E-state index in [0.29, 0.717) is 23.9 Å². The van der Waals surface area contributed by atoms with E-state index in [9.17, 15) is 19.4 Å². The highest BCUT2D eigenvalue weighted by Crippen LogP contribution is 2.43. The molecule has 3 unspecified atom stereocenters. The molecule has 9 heteroatoms. The van der Waals surface area contributed by atoms with Gasteiger partial charge in [-0.3, -0.25) is 13.8 Å². The minimum absolute atomic E-state index is 0.0768. The Labute approximate surface area is 412 Å². The van der Waals surface area contributed by atoms with Gasteiger partial charge in [0, 0.05) is 6.42 Å². The summed E-state index contributed by atoms with van der Waals surface area (Å²) in [5, 5.41) is 14.1. The molecule has 3 N–H and O–H groups in total. The van der Waals surface area contributed by atoms with Crippen LogP contribution in [0.15, 0.2) is 12.2 Å².